The van der Waals surface area contributed by atoms with E-state index >= 15 is 0 Å². The molecule has 5 rings (SSSR count). The van der Waals surface area contributed by atoms with E-state index < -0.39 is 17.1 Å². The molecule has 3 amide bonds. The Hall–Kier alpha value is -5.60. The Kier molecular flexibility index (Phi) is 11.5. The number of aryl methyl sites for hydroxylation is 2. The molecule has 242 valence electrons. The van der Waals surface area contributed by atoms with Crippen LogP contribution in [0.4, 0.5) is 11.4 Å². The standard InChI is InChI=1S/C40H37N3O4S/c1-4-47-35-24-12-11-21-31(35)25-34(42-38(44)30-19-9-6-10-20-30)39(45)41-32-22-14-23-33(26-32)48-37(29-17-7-5-8-18-29)40(46)43-36-27(2)15-13-16-28(36)3/h5-26,37H,4H2,1-3H3,(H,41,45)(H,42,44)(H,43,46)/b34-25+. The first-order chi connectivity index (χ1) is 23.3. The van der Waals surface area contributed by atoms with Gasteiger partial charge in [0.1, 0.15) is 16.7 Å². The van der Waals surface area contributed by atoms with E-state index in [1.165, 1.54) is 11.8 Å². The van der Waals surface area contributed by atoms with Gasteiger partial charge in [-0.15, -0.1) is 11.8 Å². The fourth-order valence-corrected chi connectivity index (χ4v) is 6.15. The van der Waals surface area contributed by atoms with Crippen LogP contribution in [0.2, 0.25) is 0 Å². The van der Waals surface area contributed by atoms with Gasteiger partial charge in [-0.05, 0) is 79.9 Å². The highest BCUT2D eigenvalue weighted by Gasteiger charge is 2.24. The Balaban J connectivity index is 1.41. The van der Waals surface area contributed by atoms with Gasteiger partial charge in [-0.1, -0.05) is 91.0 Å². The Bertz CT molecular complexity index is 1910. The smallest absolute Gasteiger partial charge is 0.272 e. The van der Waals surface area contributed by atoms with E-state index in [9.17, 15) is 14.4 Å². The number of anilines is 2. The summed E-state index contributed by atoms with van der Waals surface area (Å²) >= 11 is 1.38. The Morgan fingerprint density at radius 3 is 2.10 bits per heavy atom. The second-order valence-corrected chi connectivity index (χ2v) is 12.2. The van der Waals surface area contributed by atoms with E-state index in [1.54, 1.807) is 36.4 Å². The molecule has 0 saturated heterocycles. The van der Waals surface area contributed by atoms with Gasteiger partial charge in [-0.2, -0.15) is 0 Å². The topological polar surface area (TPSA) is 96.5 Å². The highest BCUT2D eigenvalue weighted by atomic mass is 32.2. The third-order valence-electron chi connectivity index (χ3n) is 7.46. The summed E-state index contributed by atoms with van der Waals surface area (Å²) in [5.41, 5.74) is 5.22. The summed E-state index contributed by atoms with van der Waals surface area (Å²) in [6.07, 6.45) is 1.60. The number of carbonyl (C=O) groups excluding carboxylic acids is 3. The molecule has 1 atom stereocenters. The number of thioether (sulfide) groups is 1. The molecule has 0 radical (unpaired) electrons. The number of nitrogens with one attached hydrogen (secondary N) is 3. The van der Waals surface area contributed by atoms with Crippen LogP contribution in [0.25, 0.3) is 6.08 Å². The third kappa shape index (κ3) is 8.80. The molecule has 5 aromatic rings. The van der Waals surface area contributed by atoms with Gasteiger partial charge < -0.3 is 20.7 Å². The molecule has 0 spiro atoms. The lowest BCUT2D eigenvalue weighted by Crippen LogP contribution is -2.30. The van der Waals surface area contributed by atoms with Crippen molar-refractivity contribution in [2.75, 3.05) is 17.2 Å². The van der Waals surface area contributed by atoms with Crippen molar-refractivity contribution >= 4 is 46.9 Å². The number of rotatable bonds is 12. The van der Waals surface area contributed by atoms with Crippen LogP contribution < -0.4 is 20.7 Å². The van der Waals surface area contributed by atoms with Crippen molar-refractivity contribution in [3.8, 4) is 5.75 Å². The van der Waals surface area contributed by atoms with Crippen LogP contribution in [0.1, 0.15) is 44.8 Å². The van der Waals surface area contributed by atoms with Gasteiger partial charge in [0.05, 0.1) is 6.61 Å². The summed E-state index contributed by atoms with van der Waals surface area (Å²) < 4.78 is 5.76. The Labute approximate surface area is 285 Å². The Morgan fingerprint density at radius 2 is 1.40 bits per heavy atom. The van der Waals surface area contributed by atoms with E-state index in [0.29, 0.717) is 29.2 Å². The van der Waals surface area contributed by atoms with Gasteiger partial charge in [0.15, 0.2) is 0 Å². The number of hydrogen-bond acceptors (Lipinski definition) is 5. The maximum Gasteiger partial charge on any atom is 0.272 e. The molecule has 0 aliphatic heterocycles. The molecule has 0 heterocycles. The van der Waals surface area contributed by atoms with E-state index in [4.69, 9.17) is 4.74 Å². The normalized spacial score (nSPS) is 11.7. The van der Waals surface area contributed by atoms with E-state index in [-0.39, 0.29) is 11.6 Å². The molecule has 0 fully saturated rings. The van der Waals surface area contributed by atoms with Gasteiger partial charge in [-0.3, -0.25) is 14.4 Å². The van der Waals surface area contributed by atoms with Gasteiger partial charge in [-0.25, -0.2) is 0 Å². The molecule has 48 heavy (non-hydrogen) atoms. The fourth-order valence-electron chi connectivity index (χ4n) is 5.07. The lowest BCUT2D eigenvalue weighted by Gasteiger charge is -2.19. The minimum atomic E-state index is -0.563. The minimum Gasteiger partial charge on any atom is -0.493 e. The summed E-state index contributed by atoms with van der Waals surface area (Å²) in [5, 5.41) is 8.29. The van der Waals surface area contributed by atoms with E-state index in [0.717, 1.165) is 27.3 Å². The summed E-state index contributed by atoms with van der Waals surface area (Å²) in [6.45, 7) is 6.27. The number of hydrogen-bond donors (Lipinski definition) is 3. The molecule has 0 aromatic heterocycles. The first-order valence-electron chi connectivity index (χ1n) is 15.6. The van der Waals surface area contributed by atoms with Crippen LogP contribution >= 0.6 is 11.8 Å². The van der Waals surface area contributed by atoms with Crippen molar-refractivity contribution in [2.45, 2.75) is 30.9 Å². The van der Waals surface area contributed by atoms with Crippen molar-refractivity contribution < 1.29 is 19.1 Å². The number of benzene rings is 5. The molecule has 3 N–H and O–H groups in total. The van der Waals surface area contributed by atoms with E-state index in [1.807, 2.05) is 118 Å². The maximum absolute atomic E-state index is 13.8. The number of carbonyl (C=O) groups is 3. The number of ether oxygens (including phenoxy) is 1. The fraction of sp³-hybridized carbons (Fsp3) is 0.125. The van der Waals surface area contributed by atoms with E-state index in [2.05, 4.69) is 16.0 Å². The first kappa shape index (κ1) is 33.8. The molecular weight excluding hydrogens is 619 g/mol. The predicted octanol–water partition coefficient (Wildman–Crippen LogP) is 8.58. The zero-order valence-electron chi connectivity index (χ0n) is 27.0. The maximum atomic E-state index is 13.8. The zero-order chi connectivity index (χ0) is 33.9. The van der Waals surface area contributed by atoms with Crippen molar-refractivity contribution in [2.24, 2.45) is 0 Å². The average Bonchev–Trinajstić information content (AvgIpc) is 3.10. The summed E-state index contributed by atoms with van der Waals surface area (Å²) in [7, 11) is 0. The van der Waals surface area contributed by atoms with Crippen LogP contribution in [0.15, 0.2) is 138 Å². The van der Waals surface area contributed by atoms with Crippen LogP contribution in [-0.4, -0.2) is 24.3 Å². The lowest BCUT2D eigenvalue weighted by atomic mass is 10.1. The van der Waals surface area contributed by atoms with Crippen molar-refractivity contribution in [1.82, 2.24) is 5.32 Å². The van der Waals surface area contributed by atoms with Crippen LogP contribution in [0.5, 0.6) is 5.75 Å². The molecule has 8 heteroatoms. The second kappa shape index (κ2) is 16.3. The summed E-state index contributed by atoms with van der Waals surface area (Å²) in [4.78, 5) is 41.5. The van der Waals surface area contributed by atoms with Crippen LogP contribution in [0.3, 0.4) is 0 Å². The second-order valence-electron chi connectivity index (χ2n) is 11.0. The third-order valence-corrected chi connectivity index (χ3v) is 8.71. The molecule has 0 bridgehead atoms. The first-order valence-corrected chi connectivity index (χ1v) is 16.5. The van der Waals surface area contributed by atoms with Crippen molar-refractivity contribution in [3.05, 3.63) is 161 Å². The molecule has 7 nitrogen and oxygen atoms in total. The number of amides is 3. The van der Waals surface area contributed by atoms with Crippen LogP contribution in [0, 0.1) is 13.8 Å². The van der Waals surface area contributed by atoms with Gasteiger partial charge in [0.25, 0.3) is 11.8 Å². The molecule has 0 aliphatic rings. The van der Waals surface area contributed by atoms with Crippen molar-refractivity contribution in [1.29, 1.82) is 0 Å². The summed E-state index contributed by atoms with van der Waals surface area (Å²) in [6, 6.07) is 38.8. The summed E-state index contributed by atoms with van der Waals surface area (Å²) in [5.74, 6) is -0.500. The Morgan fingerprint density at radius 1 is 0.750 bits per heavy atom. The van der Waals surface area contributed by atoms with Gasteiger partial charge in [0.2, 0.25) is 5.91 Å². The average molecular weight is 656 g/mol. The molecule has 0 saturated carbocycles. The highest BCUT2D eigenvalue weighted by Crippen LogP contribution is 2.38. The molecule has 1 unspecified atom stereocenters. The zero-order valence-corrected chi connectivity index (χ0v) is 27.8. The minimum absolute atomic E-state index is 0.0456. The largest absolute Gasteiger partial charge is 0.493 e. The molecule has 0 aliphatic carbocycles. The SMILES string of the molecule is CCOc1ccccc1/C=C(/NC(=O)c1ccccc1)C(=O)Nc1cccc(SC(C(=O)Nc2c(C)cccc2C)c2ccccc2)c1. The van der Waals surface area contributed by atoms with Gasteiger partial charge in [0, 0.05) is 27.4 Å². The van der Waals surface area contributed by atoms with Crippen molar-refractivity contribution in [3.63, 3.8) is 0 Å². The lowest BCUT2D eigenvalue weighted by molar-refractivity contribution is -0.116. The highest BCUT2D eigenvalue weighted by molar-refractivity contribution is 8.00. The van der Waals surface area contributed by atoms with Crippen LogP contribution in [-0.2, 0) is 9.59 Å². The molecule has 5 aromatic carbocycles. The quantitative estimate of drug-likeness (QED) is 0.0924. The molecular formula is C40H37N3O4S. The monoisotopic (exact) mass is 655 g/mol. The van der Waals surface area contributed by atoms with Gasteiger partial charge >= 0.3 is 0 Å². The number of para-hydroxylation sites is 2. The predicted molar refractivity (Wildman–Crippen MR) is 194 cm³/mol.